The van der Waals surface area contributed by atoms with Crippen LogP contribution in [0.1, 0.15) is 17.7 Å². The summed E-state index contributed by atoms with van der Waals surface area (Å²) in [6, 6.07) is 5.88. The molecule has 0 saturated heterocycles. The van der Waals surface area contributed by atoms with Crippen LogP contribution in [-0.2, 0) is 12.8 Å². The molecule has 82 valence electrons. The first kappa shape index (κ1) is 9.91. The number of fused-ring (bicyclic) bond motifs is 2. The Balaban J connectivity index is 2.41. The minimum atomic E-state index is 0.800. The maximum Gasteiger partial charge on any atom is 0.145 e. The number of nitrogens with zero attached hydrogens (tertiary/aromatic N) is 1. The summed E-state index contributed by atoms with van der Waals surface area (Å²) in [5.74, 6) is 0.800. The van der Waals surface area contributed by atoms with Gasteiger partial charge in [0.1, 0.15) is 11.3 Å². The predicted molar refractivity (Wildman–Crippen MR) is 65.3 cm³/mol. The lowest BCUT2D eigenvalue weighted by Crippen LogP contribution is -1.94. The molecule has 0 radical (unpaired) electrons. The van der Waals surface area contributed by atoms with E-state index in [4.69, 9.17) is 16.3 Å². The van der Waals surface area contributed by atoms with Crippen molar-refractivity contribution >= 4 is 22.5 Å². The molecule has 1 aliphatic rings. The number of aryl methyl sites for hydroxylation is 1. The Hall–Kier alpha value is -1.28. The molecular weight excluding hydrogens is 222 g/mol. The molecule has 1 heterocycles. The molecule has 2 nitrogen and oxygen atoms in total. The van der Waals surface area contributed by atoms with Crippen molar-refractivity contribution in [3.05, 3.63) is 34.5 Å². The summed E-state index contributed by atoms with van der Waals surface area (Å²) in [5, 5.41) is 1.86. The fraction of sp³-hybridized carbons (Fsp3) is 0.308. The van der Waals surface area contributed by atoms with E-state index in [-0.39, 0.29) is 0 Å². The summed E-state index contributed by atoms with van der Waals surface area (Å²) in [6.07, 6.45) is 3.23. The highest BCUT2D eigenvalue weighted by Crippen LogP contribution is 2.36. The van der Waals surface area contributed by atoms with Gasteiger partial charge in [0, 0.05) is 11.1 Å². The normalized spacial score (nSPS) is 14.1. The maximum atomic E-state index is 6.42. The van der Waals surface area contributed by atoms with Crippen LogP contribution in [0.5, 0.6) is 5.75 Å². The average molecular weight is 234 g/mol. The standard InChI is InChI=1S/C13H12ClNO/c1-16-11-7-3-5-9-12(14)8-4-2-6-10(8)15-13(9)11/h3,5,7H,2,4,6H2,1H3. The summed E-state index contributed by atoms with van der Waals surface area (Å²) in [5.41, 5.74) is 3.25. The Morgan fingerprint density at radius 3 is 3.00 bits per heavy atom. The van der Waals surface area contributed by atoms with Crippen molar-refractivity contribution in [2.24, 2.45) is 0 Å². The van der Waals surface area contributed by atoms with Gasteiger partial charge in [0.2, 0.25) is 0 Å². The lowest BCUT2D eigenvalue weighted by Gasteiger charge is -2.09. The zero-order chi connectivity index (χ0) is 11.1. The zero-order valence-electron chi connectivity index (χ0n) is 9.09. The minimum absolute atomic E-state index is 0.800. The molecule has 0 spiro atoms. The van der Waals surface area contributed by atoms with Gasteiger partial charge in [0.25, 0.3) is 0 Å². The van der Waals surface area contributed by atoms with Gasteiger partial charge in [0.05, 0.1) is 12.1 Å². The van der Waals surface area contributed by atoms with Crippen molar-refractivity contribution in [2.75, 3.05) is 7.11 Å². The largest absolute Gasteiger partial charge is 0.494 e. The topological polar surface area (TPSA) is 22.1 Å². The summed E-state index contributed by atoms with van der Waals surface area (Å²) >= 11 is 6.42. The van der Waals surface area contributed by atoms with Gasteiger partial charge in [-0.25, -0.2) is 4.98 Å². The molecule has 0 N–H and O–H groups in total. The van der Waals surface area contributed by atoms with E-state index in [0.717, 1.165) is 46.6 Å². The van der Waals surface area contributed by atoms with Crippen LogP contribution >= 0.6 is 11.6 Å². The number of hydrogen-bond donors (Lipinski definition) is 0. The summed E-state index contributed by atoms with van der Waals surface area (Å²) in [7, 11) is 1.66. The molecule has 0 unspecified atom stereocenters. The SMILES string of the molecule is COc1cccc2c(Cl)c3c(nc12)CCC3. The Labute approximate surface area is 99.2 Å². The van der Waals surface area contributed by atoms with Gasteiger partial charge in [-0.3, -0.25) is 0 Å². The van der Waals surface area contributed by atoms with E-state index in [0.29, 0.717) is 0 Å². The highest BCUT2D eigenvalue weighted by Gasteiger charge is 2.19. The average Bonchev–Trinajstić information content (AvgIpc) is 2.77. The first-order valence-electron chi connectivity index (χ1n) is 5.45. The molecule has 0 aliphatic heterocycles. The van der Waals surface area contributed by atoms with Gasteiger partial charge in [-0.1, -0.05) is 23.7 Å². The quantitative estimate of drug-likeness (QED) is 0.753. The second-order valence-electron chi connectivity index (χ2n) is 4.06. The first-order chi connectivity index (χ1) is 7.81. The second-order valence-corrected chi connectivity index (χ2v) is 4.44. The van der Waals surface area contributed by atoms with E-state index in [9.17, 15) is 0 Å². The third kappa shape index (κ3) is 1.30. The van der Waals surface area contributed by atoms with Crippen LogP contribution in [0.15, 0.2) is 18.2 Å². The van der Waals surface area contributed by atoms with Crippen LogP contribution in [-0.4, -0.2) is 12.1 Å². The van der Waals surface area contributed by atoms with Gasteiger partial charge in [-0.05, 0) is 30.9 Å². The number of hydrogen-bond acceptors (Lipinski definition) is 2. The molecule has 1 aliphatic carbocycles. The number of ether oxygens (including phenoxy) is 1. The number of benzene rings is 1. The molecule has 16 heavy (non-hydrogen) atoms. The third-order valence-corrected chi connectivity index (χ3v) is 3.59. The van der Waals surface area contributed by atoms with Gasteiger partial charge < -0.3 is 4.74 Å². The van der Waals surface area contributed by atoms with Crippen molar-refractivity contribution in [2.45, 2.75) is 19.3 Å². The van der Waals surface area contributed by atoms with Crippen LogP contribution in [0.4, 0.5) is 0 Å². The summed E-state index contributed by atoms with van der Waals surface area (Å²) in [4.78, 5) is 4.68. The van der Waals surface area contributed by atoms with E-state index in [2.05, 4.69) is 4.98 Å². The van der Waals surface area contributed by atoms with Crippen LogP contribution in [0.2, 0.25) is 5.02 Å². The molecule has 2 aromatic rings. The van der Waals surface area contributed by atoms with Crippen LogP contribution in [0.25, 0.3) is 10.9 Å². The highest BCUT2D eigenvalue weighted by atomic mass is 35.5. The van der Waals surface area contributed by atoms with Crippen molar-refractivity contribution < 1.29 is 4.74 Å². The van der Waals surface area contributed by atoms with Gasteiger partial charge >= 0.3 is 0 Å². The molecule has 3 rings (SSSR count). The Kier molecular flexibility index (Phi) is 2.25. The van der Waals surface area contributed by atoms with Crippen molar-refractivity contribution in [3.63, 3.8) is 0 Å². The Bertz CT molecular complexity index is 565. The van der Waals surface area contributed by atoms with Crippen LogP contribution < -0.4 is 4.74 Å². The van der Waals surface area contributed by atoms with Crippen molar-refractivity contribution in [1.29, 1.82) is 0 Å². The van der Waals surface area contributed by atoms with Crippen molar-refractivity contribution in [3.8, 4) is 5.75 Å². The summed E-state index contributed by atoms with van der Waals surface area (Å²) < 4.78 is 5.32. The maximum absolute atomic E-state index is 6.42. The molecule has 0 fully saturated rings. The van der Waals surface area contributed by atoms with Gasteiger partial charge in [0.15, 0.2) is 0 Å². The number of methoxy groups -OCH3 is 1. The highest BCUT2D eigenvalue weighted by molar-refractivity contribution is 6.36. The second kappa shape index (κ2) is 3.63. The lowest BCUT2D eigenvalue weighted by atomic mass is 10.1. The van der Waals surface area contributed by atoms with E-state index in [1.165, 1.54) is 5.56 Å². The van der Waals surface area contributed by atoms with E-state index < -0.39 is 0 Å². The molecule has 1 aromatic heterocycles. The number of para-hydroxylation sites is 1. The number of rotatable bonds is 1. The Morgan fingerprint density at radius 1 is 1.31 bits per heavy atom. The number of aromatic nitrogens is 1. The molecule has 0 atom stereocenters. The minimum Gasteiger partial charge on any atom is -0.494 e. The van der Waals surface area contributed by atoms with Crippen LogP contribution in [0, 0.1) is 0 Å². The van der Waals surface area contributed by atoms with Crippen LogP contribution in [0.3, 0.4) is 0 Å². The fourth-order valence-corrected chi connectivity index (χ4v) is 2.72. The van der Waals surface area contributed by atoms with Gasteiger partial charge in [-0.15, -0.1) is 0 Å². The van der Waals surface area contributed by atoms with E-state index >= 15 is 0 Å². The third-order valence-electron chi connectivity index (χ3n) is 3.16. The molecule has 1 aromatic carbocycles. The first-order valence-corrected chi connectivity index (χ1v) is 5.83. The van der Waals surface area contributed by atoms with Crippen molar-refractivity contribution in [1.82, 2.24) is 4.98 Å². The predicted octanol–water partition coefficient (Wildman–Crippen LogP) is 3.39. The molecule has 0 saturated carbocycles. The molecule has 0 amide bonds. The lowest BCUT2D eigenvalue weighted by molar-refractivity contribution is 0.419. The zero-order valence-corrected chi connectivity index (χ0v) is 9.84. The molecule has 0 bridgehead atoms. The summed E-state index contributed by atoms with van der Waals surface area (Å²) in [6.45, 7) is 0. The number of halogens is 1. The fourth-order valence-electron chi connectivity index (χ4n) is 2.36. The Morgan fingerprint density at radius 2 is 2.19 bits per heavy atom. The molecule has 3 heteroatoms. The smallest absolute Gasteiger partial charge is 0.145 e. The monoisotopic (exact) mass is 233 g/mol. The number of pyridine rings is 1. The van der Waals surface area contributed by atoms with E-state index in [1.807, 2.05) is 18.2 Å². The van der Waals surface area contributed by atoms with E-state index in [1.54, 1.807) is 7.11 Å². The molecular formula is C13H12ClNO. The van der Waals surface area contributed by atoms with Gasteiger partial charge in [-0.2, -0.15) is 0 Å².